The summed E-state index contributed by atoms with van der Waals surface area (Å²) >= 11 is 0. The number of hydrogen-bond acceptors (Lipinski definition) is 2. The molecule has 0 atom stereocenters. The highest BCUT2D eigenvalue weighted by Gasteiger charge is 2.30. The molecule has 7 heteroatoms. The zero-order valence-corrected chi connectivity index (χ0v) is 12.1. The molecule has 0 aliphatic heterocycles. The fourth-order valence-electron chi connectivity index (χ4n) is 1.76. The van der Waals surface area contributed by atoms with Gasteiger partial charge in [0.1, 0.15) is 5.82 Å². The van der Waals surface area contributed by atoms with Crippen molar-refractivity contribution in [3.63, 3.8) is 0 Å². The van der Waals surface area contributed by atoms with Gasteiger partial charge in [0.25, 0.3) is 5.91 Å². The molecular weight excluding hydrogens is 326 g/mol. The molecule has 0 unspecified atom stereocenters. The van der Waals surface area contributed by atoms with Crippen LogP contribution in [0.4, 0.5) is 23.2 Å². The van der Waals surface area contributed by atoms with Gasteiger partial charge >= 0.3 is 6.18 Å². The van der Waals surface area contributed by atoms with Crippen LogP contribution < -0.4 is 5.32 Å². The molecule has 1 N–H and O–H groups in total. The van der Waals surface area contributed by atoms with E-state index < -0.39 is 29.2 Å². The average Bonchev–Trinajstić information content (AvgIpc) is 2.53. The summed E-state index contributed by atoms with van der Waals surface area (Å²) in [7, 11) is 0. The molecule has 0 aliphatic rings. The molecule has 0 fully saturated rings. The Morgan fingerprint density at radius 2 is 1.50 bits per heavy atom. The predicted molar refractivity (Wildman–Crippen MR) is 80.5 cm³/mol. The van der Waals surface area contributed by atoms with Gasteiger partial charge in [-0.2, -0.15) is 13.2 Å². The zero-order valence-electron chi connectivity index (χ0n) is 12.1. The number of anilines is 1. The molecule has 2 aromatic rings. The summed E-state index contributed by atoms with van der Waals surface area (Å²) in [6.45, 7) is 0. The first-order valence-corrected chi connectivity index (χ1v) is 6.72. The summed E-state index contributed by atoms with van der Waals surface area (Å²) < 4.78 is 50.0. The monoisotopic (exact) mass is 337 g/mol. The van der Waals surface area contributed by atoms with Gasteiger partial charge in [-0.25, -0.2) is 4.39 Å². The quantitative estimate of drug-likeness (QED) is 0.519. The Morgan fingerprint density at radius 1 is 0.917 bits per heavy atom. The topological polar surface area (TPSA) is 46.2 Å². The number of hydrogen-bond donors (Lipinski definition) is 1. The minimum atomic E-state index is -4.48. The van der Waals surface area contributed by atoms with Crippen molar-refractivity contribution in [3.8, 4) is 0 Å². The maximum absolute atomic E-state index is 12.7. The maximum atomic E-state index is 12.7. The third-order valence-electron chi connectivity index (χ3n) is 2.99. The van der Waals surface area contributed by atoms with E-state index in [1.165, 1.54) is 30.3 Å². The minimum absolute atomic E-state index is 0.0662. The van der Waals surface area contributed by atoms with Gasteiger partial charge in [-0.1, -0.05) is 18.2 Å². The number of ketones is 1. The van der Waals surface area contributed by atoms with Crippen LogP contribution in [0, 0.1) is 5.82 Å². The number of carbonyl (C=O) groups excluding carboxylic acids is 2. The minimum Gasteiger partial charge on any atom is -0.319 e. The molecule has 0 spiro atoms. The van der Waals surface area contributed by atoms with Crippen molar-refractivity contribution < 1.29 is 27.2 Å². The normalized spacial score (nSPS) is 11.5. The Morgan fingerprint density at radius 3 is 2.04 bits per heavy atom. The standard InChI is InChI=1S/C17H11F4NO2/c18-13-6-1-11(2-7-13)3-10-15(23)16(24)22-14-8-4-12(5-9-14)17(19,20)21/h1-10H,(H,22,24)/b10-3+. The zero-order chi connectivity index (χ0) is 17.7. The van der Waals surface area contributed by atoms with Gasteiger partial charge in [0.05, 0.1) is 5.56 Å². The first-order chi connectivity index (χ1) is 11.3. The van der Waals surface area contributed by atoms with Crippen molar-refractivity contribution in [3.05, 3.63) is 71.6 Å². The van der Waals surface area contributed by atoms with Crippen LogP contribution in [0.5, 0.6) is 0 Å². The summed E-state index contributed by atoms with van der Waals surface area (Å²) in [5.41, 5.74) is -0.272. The molecule has 0 saturated carbocycles. The Balaban J connectivity index is 1.98. The Kier molecular flexibility index (Phi) is 5.13. The van der Waals surface area contributed by atoms with E-state index in [0.29, 0.717) is 5.56 Å². The number of halogens is 4. The van der Waals surface area contributed by atoms with Crippen LogP contribution in [0.2, 0.25) is 0 Å². The van der Waals surface area contributed by atoms with Crippen LogP contribution in [0.15, 0.2) is 54.6 Å². The lowest BCUT2D eigenvalue weighted by Gasteiger charge is -2.07. The van der Waals surface area contributed by atoms with Gasteiger partial charge in [-0.3, -0.25) is 9.59 Å². The fraction of sp³-hybridized carbons (Fsp3) is 0.0588. The van der Waals surface area contributed by atoms with Crippen LogP contribution in [0.3, 0.4) is 0 Å². The first kappa shape index (κ1) is 17.4. The van der Waals surface area contributed by atoms with Gasteiger partial charge in [-0.05, 0) is 48.0 Å². The Bertz CT molecular complexity index is 763. The second-order valence-corrected chi connectivity index (χ2v) is 4.78. The van der Waals surface area contributed by atoms with E-state index in [4.69, 9.17) is 0 Å². The van der Waals surface area contributed by atoms with Crippen molar-refractivity contribution in [1.29, 1.82) is 0 Å². The molecule has 124 valence electrons. The lowest BCUT2D eigenvalue weighted by atomic mass is 10.2. The van der Waals surface area contributed by atoms with Gasteiger partial charge in [0.2, 0.25) is 5.78 Å². The third-order valence-corrected chi connectivity index (χ3v) is 2.99. The van der Waals surface area contributed by atoms with E-state index >= 15 is 0 Å². The van der Waals surface area contributed by atoms with Crippen LogP contribution in [-0.4, -0.2) is 11.7 Å². The molecular formula is C17H11F4NO2. The summed E-state index contributed by atoms with van der Waals surface area (Å²) in [5.74, 6) is -2.31. The Hall–Kier alpha value is -2.96. The smallest absolute Gasteiger partial charge is 0.319 e. The molecule has 2 rings (SSSR count). The lowest BCUT2D eigenvalue weighted by Crippen LogP contribution is -2.20. The number of alkyl halides is 3. The van der Waals surface area contributed by atoms with E-state index in [1.54, 1.807) is 0 Å². The Labute approximate surface area is 134 Å². The number of nitrogens with one attached hydrogen (secondary N) is 1. The van der Waals surface area contributed by atoms with Gasteiger partial charge in [0.15, 0.2) is 0 Å². The van der Waals surface area contributed by atoms with E-state index in [9.17, 15) is 27.2 Å². The first-order valence-electron chi connectivity index (χ1n) is 6.72. The molecule has 3 nitrogen and oxygen atoms in total. The highest BCUT2D eigenvalue weighted by molar-refractivity contribution is 6.45. The summed E-state index contributed by atoms with van der Waals surface area (Å²) in [6, 6.07) is 8.96. The van der Waals surface area contributed by atoms with E-state index in [-0.39, 0.29) is 5.69 Å². The van der Waals surface area contributed by atoms with Crippen molar-refractivity contribution >= 4 is 23.5 Å². The molecule has 0 aliphatic carbocycles. The molecule has 0 saturated heterocycles. The lowest BCUT2D eigenvalue weighted by molar-refractivity contribution is -0.137. The molecule has 0 heterocycles. The summed E-state index contributed by atoms with van der Waals surface area (Å²) in [4.78, 5) is 23.3. The average molecular weight is 337 g/mol. The second kappa shape index (κ2) is 7.08. The maximum Gasteiger partial charge on any atom is 0.416 e. The van der Waals surface area contributed by atoms with Crippen molar-refractivity contribution in [2.75, 3.05) is 5.32 Å². The predicted octanol–water partition coefficient (Wildman–Crippen LogP) is 4.07. The molecule has 0 aromatic heterocycles. The SMILES string of the molecule is O=C(/C=C/c1ccc(F)cc1)C(=O)Nc1ccc(C(F)(F)F)cc1. The summed E-state index contributed by atoms with van der Waals surface area (Å²) in [5, 5.41) is 2.20. The molecule has 2 aromatic carbocycles. The van der Waals surface area contributed by atoms with E-state index in [2.05, 4.69) is 5.32 Å². The fourth-order valence-corrected chi connectivity index (χ4v) is 1.76. The highest BCUT2D eigenvalue weighted by atomic mass is 19.4. The van der Waals surface area contributed by atoms with Crippen LogP contribution in [0.1, 0.15) is 11.1 Å². The van der Waals surface area contributed by atoms with Crippen LogP contribution in [-0.2, 0) is 15.8 Å². The van der Waals surface area contributed by atoms with Crippen molar-refractivity contribution in [1.82, 2.24) is 0 Å². The number of benzene rings is 2. The number of carbonyl (C=O) groups is 2. The van der Waals surface area contributed by atoms with Crippen molar-refractivity contribution in [2.24, 2.45) is 0 Å². The van der Waals surface area contributed by atoms with Gasteiger partial charge in [-0.15, -0.1) is 0 Å². The number of rotatable bonds is 4. The van der Waals surface area contributed by atoms with Crippen LogP contribution >= 0.6 is 0 Å². The van der Waals surface area contributed by atoms with Crippen molar-refractivity contribution in [2.45, 2.75) is 6.18 Å². The largest absolute Gasteiger partial charge is 0.416 e. The molecule has 0 bridgehead atoms. The van der Waals surface area contributed by atoms with Gasteiger partial charge in [0, 0.05) is 5.69 Å². The molecule has 1 amide bonds. The summed E-state index contributed by atoms with van der Waals surface area (Å²) in [6.07, 6.45) is -2.16. The van der Waals surface area contributed by atoms with Gasteiger partial charge < -0.3 is 5.32 Å². The second-order valence-electron chi connectivity index (χ2n) is 4.78. The highest BCUT2D eigenvalue weighted by Crippen LogP contribution is 2.29. The van der Waals surface area contributed by atoms with E-state index in [0.717, 1.165) is 30.3 Å². The number of amides is 1. The third kappa shape index (κ3) is 4.77. The van der Waals surface area contributed by atoms with E-state index in [1.807, 2.05) is 0 Å². The van der Waals surface area contributed by atoms with Crippen LogP contribution in [0.25, 0.3) is 6.08 Å². The molecule has 0 radical (unpaired) electrons. The molecule has 24 heavy (non-hydrogen) atoms.